The Morgan fingerprint density at radius 3 is 2.18 bits per heavy atom. The summed E-state index contributed by atoms with van der Waals surface area (Å²) in [4.78, 5) is 42.8. The highest BCUT2D eigenvalue weighted by Gasteiger charge is 2.41. The number of rotatable bonds is 4. The van der Waals surface area contributed by atoms with Gasteiger partial charge in [-0.2, -0.15) is 0 Å². The molecule has 0 saturated carbocycles. The van der Waals surface area contributed by atoms with E-state index < -0.39 is 5.25 Å². The van der Waals surface area contributed by atoms with Crippen molar-refractivity contribution in [3.05, 3.63) is 59.2 Å². The van der Waals surface area contributed by atoms with Gasteiger partial charge in [0.2, 0.25) is 11.8 Å². The molecule has 2 heterocycles. The predicted octanol–water partition coefficient (Wildman–Crippen LogP) is 3.98. The van der Waals surface area contributed by atoms with Crippen LogP contribution in [-0.2, 0) is 9.59 Å². The highest BCUT2D eigenvalue weighted by molar-refractivity contribution is 8.23. The van der Waals surface area contributed by atoms with E-state index in [0.29, 0.717) is 15.6 Å². The van der Waals surface area contributed by atoms with Crippen molar-refractivity contribution in [3.8, 4) is 0 Å². The number of amides is 2. The average Bonchev–Trinajstić information content (AvgIpc) is 3.08. The summed E-state index contributed by atoms with van der Waals surface area (Å²) >= 11 is 6.97. The summed E-state index contributed by atoms with van der Waals surface area (Å²) in [6.45, 7) is 8.63. The number of imide groups is 1. The molecule has 0 bridgehead atoms. The van der Waals surface area contributed by atoms with E-state index in [1.807, 2.05) is 56.3 Å². The molecule has 0 aromatic heterocycles. The fourth-order valence-corrected chi connectivity index (χ4v) is 5.62. The minimum absolute atomic E-state index is 0.0600. The predicted molar refractivity (Wildman–Crippen MR) is 137 cm³/mol. The molecular weight excluding hydrogens is 454 g/mol. The molecule has 2 amide bonds. The van der Waals surface area contributed by atoms with Gasteiger partial charge in [0.25, 0.3) is 0 Å². The Kier molecular flexibility index (Phi) is 6.86. The number of benzene rings is 2. The minimum Gasteiger partial charge on any atom is -0.368 e. The van der Waals surface area contributed by atoms with Gasteiger partial charge in [-0.15, -0.1) is 0 Å². The Morgan fingerprint density at radius 1 is 0.939 bits per heavy atom. The van der Waals surface area contributed by atoms with E-state index in [4.69, 9.17) is 12.2 Å². The van der Waals surface area contributed by atoms with Crippen molar-refractivity contribution in [3.63, 3.8) is 0 Å². The van der Waals surface area contributed by atoms with Crippen LogP contribution in [0.2, 0.25) is 0 Å². The highest BCUT2D eigenvalue weighted by Crippen LogP contribution is 2.32. The molecule has 8 heteroatoms. The molecule has 2 fully saturated rings. The van der Waals surface area contributed by atoms with Crippen LogP contribution in [0, 0.1) is 13.8 Å². The zero-order valence-electron chi connectivity index (χ0n) is 19.0. The number of thiocarbonyl (C=S) groups is 1. The van der Waals surface area contributed by atoms with E-state index >= 15 is 0 Å². The molecule has 2 aliphatic heterocycles. The van der Waals surface area contributed by atoms with Gasteiger partial charge in [-0.05, 0) is 68.3 Å². The summed E-state index contributed by atoms with van der Waals surface area (Å²) in [5.41, 5.74) is 4.60. The standard InChI is InChI=1S/C25H27N3O3S2/c1-16-4-7-21(14-17(16)2)28-23(30)15-22(24(28)31)33-25(32)27-12-10-26(11-13-27)20-8-5-19(6-9-20)18(3)29/h4-9,14,22H,10-13,15H2,1-3H3/t22-/m1/s1. The lowest BCUT2D eigenvalue weighted by atomic mass is 10.1. The van der Waals surface area contributed by atoms with Crippen LogP contribution < -0.4 is 9.80 Å². The first kappa shape index (κ1) is 23.4. The van der Waals surface area contributed by atoms with Crippen molar-refractivity contribution >= 4 is 57.3 Å². The molecule has 2 saturated heterocycles. The third-order valence-electron chi connectivity index (χ3n) is 6.27. The first-order chi connectivity index (χ1) is 15.7. The lowest BCUT2D eigenvalue weighted by Gasteiger charge is -2.37. The quantitative estimate of drug-likeness (QED) is 0.372. The normalized spacial score (nSPS) is 18.8. The fraction of sp³-hybridized carbons (Fsp3) is 0.360. The zero-order valence-corrected chi connectivity index (χ0v) is 20.7. The summed E-state index contributed by atoms with van der Waals surface area (Å²) in [6.07, 6.45) is 0.166. The third kappa shape index (κ3) is 4.96. The Balaban J connectivity index is 1.34. The number of ketones is 1. The van der Waals surface area contributed by atoms with Crippen LogP contribution in [0.15, 0.2) is 42.5 Å². The van der Waals surface area contributed by atoms with Crippen molar-refractivity contribution in [2.24, 2.45) is 0 Å². The maximum atomic E-state index is 13.0. The van der Waals surface area contributed by atoms with E-state index in [2.05, 4.69) is 9.80 Å². The molecule has 0 radical (unpaired) electrons. The molecule has 2 aliphatic rings. The number of aryl methyl sites for hydroxylation is 2. The summed E-state index contributed by atoms with van der Waals surface area (Å²) in [7, 11) is 0. The fourth-order valence-electron chi connectivity index (χ4n) is 4.08. The first-order valence-corrected chi connectivity index (χ1v) is 12.3. The summed E-state index contributed by atoms with van der Waals surface area (Å²) in [5, 5.41) is -0.483. The van der Waals surface area contributed by atoms with Gasteiger partial charge < -0.3 is 9.80 Å². The average molecular weight is 482 g/mol. The summed E-state index contributed by atoms with van der Waals surface area (Å²) in [5.74, 6) is -0.313. The number of hydrogen-bond acceptors (Lipinski definition) is 6. The maximum absolute atomic E-state index is 13.0. The van der Waals surface area contributed by atoms with Crippen LogP contribution in [0.25, 0.3) is 0 Å². The Hall–Kier alpha value is -2.71. The number of nitrogens with zero attached hydrogens (tertiary/aromatic N) is 3. The van der Waals surface area contributed by atoms with Crippen LogP contribution >= 0.6 is 24.0 Å². The number of carbonyl (C=O) groups excluding carboxylic acids is 3. The van der Waals surface area contributed by atoms with Gasteiger partial charge in [-0.3, -0.25) is 14.4 Å². The molecule has 6 nitrogen and oxygen atoms in total. The number of Topliss-reactive ketones (excluding diaryl/α,β-unsaturated/α-hetero) is 1. The van der Waals surface area contributed by atoms with Crippen molar-refractivity contribution in [2.45, 2.75) is 32.4 Å². The molecular formula is C25H27N3O3S2. The topological polar surface area (TPSA) is 60.9 Å². The van der Waals surface area contributed by atoms with Gasteiger partial charge in [-0.1, -0.05) is 30.0 Å². The van der Waals surface area contributed by atoms with Crippen LogP contribution in [0.1, 0.15) is 34.8 Å². The molecule has 2 aromatic rings. The van der Waals surface area contributed by atoms with Gasteiger partial charge in [0.15, 0.2) is 5.78 Å². The number of piperazine rings is 1. The molecule has 0 unspecified atom stereocenters. The van der Waals surface area contributed by atoms with E-state index in [-0.39, 0.29) is 24.0 Å². The minimum atomic E-state index is -0.483. The lowest BCUT2D eigenvalue weighted by Crippen LogP contribution is -2.48. The lowest BCUT2D eigenvalue weighted by molar-refractivity contribution is -0.121. The Bertz CT molecular complexity index is 1110. The number of anilines is 2. The molecule has 0 N–H and O–H groups in total. The van der Waals surface area contributed by atoms with Crippen molar-refractivity contribution < 1.29 is 14.4 Å². The molecule has 0 spiro atoms. The van der Waals surface area contributed by atoms with E-state index in [1.54, 1.807) is 6.92 Å². The van der Waals surface area contributed by atoms with Crippen molar-refractivity contribution in [2.75, 3.05) is 36.0 Å². The van der Waals surface area contributed by atoms with Crippen molar-refractivity contribution in [1.29, 1.82) is 0 Å². The van der Waals surface area contributed by atoms with Crippen LogP contribution in [0.3, 0.4) is 0 Å². The monoisotopic (exact) mass is 481 g/mol. The van der Waals surface area contributed by atoms with E-state index in [0.717, 1.165) is 43.0 Å². The largest absolute Gasteiger partial charge is 0.368 e. The second kappa shape index (κ2) is 9.65. The van der Waals surface area contributed by atoms with E-state index in [9.17, 15) is 14.4 Å². The molecule has 0 aliphatic carbocycles. The van der Waals surface area contributed by atoms with Crippen molar-refractivity contribution in [1.82, 2.24) is 4.90 Å². The zero-order chi connectivity index (χ0) is 23.7. The van der Waals surface area contributed by atoms with Gasteiger partial charge in [0.1, 0.15) is 9.57 Å². The number of thioether (sulfide) groups is 1. The van der Waals surface area contributed by atoms with Gasteiger partial charge in [0.05, 0.1) is 5.69 Å². The number of hydrogen-bond donors (Lipinski definition) is 0. The van der Waals surface area contributed by atoms with Crippen LogP contribution in [-0.4, -0.2) is 58.2 Å². The maximum Gasteiger partial charge on any atom is 0.247 e. The molecule has 4 rings (SSSR count). The third-order valence-corrected chi connectivity index (χ3v) is 7.93. The van der Waals surface area contributed by atoms with Crippen LogP contribution in [0.5, 0.6) is 0 Å². The highest BCUT2D eigenvalue weighted by atomic mass is 32.2. The summed E-state index contributed by atoms with van der Waals surface area (Å²) in [6, 6.07) is 13.3. The Labute approximate surface area is 203 Å². The van der Waals surface area contributed by atoms with Crippen LogP contribution in [0.4, 0.5) is 11.4 Å². The second-order valence-corrected chi connectivity index (χ2v) is 10.3. The Morgan fingerprint density at radius 2 is 1.58 bits per heavy atom. The van der Waals surface area contributed by atoms with E-state index in [1.165, 1.54) is 16.7 Å². The molecule has 33 heavy (non-hydrogen) atoms. The summed E-state index contributed by atoms with van der Waals surface area (Å²) < 4.78 is 0.662. The first-order valence-electron chi connectivity index (χ1n) is 11.0. The molecule has 172 valence electrons. The second-order valence-electron chi connectivity index (χ2n) is 8.49. The van der Waals surface area contributed by atoms with Gasteiger partial charge in [-0.25, -0.2) is 4.90 Å². The smallest absolute Gasteiger partial charge is 0.247 e. The van der Waals surface area contributed by atoms with Gasteiger partial charge >= 0.3 is 0 Å². The number of carbonyl (C=O) groups is 3. The molecule has 1 atom stereocenters. The van der Waals surface area contributed by atoms with Gasteiger partial charge in [0, 0.05) is 43.9 Å². The molecule has 2 aromatic carbocycles. The SMILES string of the molecule is CC(=O)c1ccc(N2CCN(C(=S)S[C@@H]3CC(=O)N(c4ccc(C)c(C)c4)C3=O)CC2)cc1.